The number of epoxide rings is 1. The molecule has 0 unspecified atom stereocenters. The lowest BCUT2D eigenvalue weighted by molar-refractivity contribution is -0.343. The van der Waals surface area contributed by atoms with Crippen LogP contribution >= 0.6 is 0 Å². The zero-order valence-electron chi connectivity index (χ0n) is 23.5. The molecule has 0 bridgehead atoms. The highest BCUT2D eigenvalue weighted by Gasteiger charge is 2.87. The molecule has 10 atom stereocenters. The molecule has 38 heavy (non-hydrogen) atoms. The van der Waals surface area contributed by atoms with Crippen LogP contribution in [0.2, 0.25) is 0 Å². The molecule has 1 spiro atoms. The van der Waals surface area contributed by atoms with Crippen molar-refractivity contribution >= 4 is 10.9 Å². The first-order valence-electron chi connectivity index (χ1n) is 14.6. The van der Waals surface area contributed by atoms with Gasteiger partial charge in [-0.05, 0) is 83.4 Å². The minimum absolute atomic E-state index is 0.165. The maximum atomic E-state index is 13.1. The van der Waals surface area contributed by atoms with E-state index in [1.807, 2.05) is 6.08 Å². The third kappa shape index (κ3) is 2.54. The summed E-state index contributed by atoms with van der Waals surface area (Å²) in [6, 6.07) is 8.67. The van der Waals surface area contributed by atoms with Gasteiger partial charge in [-0.2, -0.15) is 0 Å². The molecule has 0 radical (unpaired) electrons. The number of aliphatic hydroxyl groups is 1. The van der Waals surface area contributed by atoms with Crippen LogP contribution in [0.3, 0.4) is 0 Å². The Balaban J connectivity index is 1.22. The zero-order valence-corrected chi connectivity index (χ0v) is 23.5. The Kier molecular flexibility index (Phi) is 4.53. The molecular formula is C32H41NO5. The number of rotatable bonds is 1. The second-order valence-electron chi connectivity index (χ2n) is 14.2. The first-order chi connectivity index (χ1) is 18.0. The lowest BCUT2D eigenvalue weighted by Crippen LogP contribution is -2.77. The first-order valence-corrected chi connectivity index (χ1v) is 14.6. The van der Waals surface area contributed by atoms with Crippen LogP contribution in [-0.2, 0) is 30.8 Å². The molecule has 8 rings (SSSR count). The maximum absolute atomic E-state index is 13.1. The standard InChI is InChI=1S/C32H41NO5/c1-17(2)15-23-36-24-26(28(3,4)37-23)35-22-12-13-29(5)30(6)18(11-14-31(29,34)32(22)27(24)38-32)16-20-19-9-7-8-10-21(19)33-25(20)30/h7-10,15,18,22-24,26-27,33-34H,11-14,16H2,1-6H3/t18-,22-,23-,24+,26-,27+,29+,30+,31-,32-/m0/s1. The number of aromatic nitrogens is 1. The molecule has 5 fully saturated rings. The van der Waals surface area contributed by atoms with Gasteiger partial charge in [0.1, 0.15) is 23.9 Å². The van der Waals surface area contributed by atoms with Gasteiger partial charge < -0.3 is 29.0 Å². The number of aromatic amines is 1. The average molecular weight is 520 g/mol. The normalized spacial score (nSPS) is 49.7. The summed E-state index contributed by atoms with van der Waals surface area (Å²) < 4.78 is 26.5. The van der Waals surface area contributed by atoms with Gasteiger partial charge in [-0.1, -0.05) is 37.6 Å². The predicted octanol–water partition coefficient (Wildman–Crippen LogP) is 5.31. The van der Waals surface area contributed by atoms with Gasteiger partial charge >= 0.3 is 0 Å². The van der Waals surface area contributed by atoms with Crippen LogP contribution in [0.25, 0.3) is 10.9 Å². The van der Waals surface area contributed by atoms with Crippen LogP contribution in [0.4, 0.5) is 0 Å². The molecule has 3 aliphatic carbocycles. The highest BCUT2D eigenvalue weighted by molar-refractivity contribution is 5.86. The second-order valence-corrected chi connectivity index (χ2v) is 14.2. The van der Waals surface area contributed by atoms with E-state index in [2.05, 4.69) is 70.8 Å². The van der Waals surface area contributed by atoms with E-state index in [9.17, 15) is 5.11 Å². The molecule has 6 nitrogen and oxygen atoms in total. The number of H-pyrrole nitrogens is 1. The Bertz CT molecular complexity index is 1380. The Morgan fingerprint density at radius 1 is 1.00 bits per heavy atom. The summed E-state index contributed by atoms with van der Waals surface area (Å²) >= 11 is 0. The summed E-state index contributed by atoms with van der Waals surface area (Å²) in [5.41, 5.74) is 2.31. The number of benzene rings is 1. The van der Waals surface area contributed by atoms with Crippen LogP contribution in [0.5, 0.6) is 0 Å². The van der Waals surface area contributed by atoms with E-state index in [1.54, 1.807) is 0 Å². The molecule has 1 aromatic heterocycles. The van der Waals surface area contributed by atoms with E-state index in [4.69, 9.17) is 18.9 Å². The third-order valence-corrected chi connectivity index (χ3v) is 12.0. The number of allylic oxidation sites excluding steroid dienone is 1. The van der Waals surface area contributed by atoms with Gasteiger partial charge in [0.15, 0.2) is 11.9 Å². The van der Waals surface area contributed by atoms with E-state index < -0.39 is 23.1 Å². The molecule has 6 heteroatoms. The van der Waals surface area contributed by atoms with Crippen molar-refractivity contribution in [3.8, 4) is 0 Å². The molecule has 2 saturated carbocycles. The van der Waals surface area contributed by atoms with Crippen molar-refractivity contribution in [1.29, 1.82) is 0 Å². The largest absolute Gasteiger partial charge is 0.386 e. The smallest absolute Gasteiger partial charge is 0.178 e. The van der Waals surface area contributed by atoms with Crippen LogP contribution in [-0.4, -0.2) is 57.6 Å². The van der Waals surface area contributed by atoms with Crippen LogP contribution in [0, 0.1) is 11.3 Å². The molecule has 6 aliphatic rings. The molecule has 2 aromatic rings. The Hall–Kier alpha value is -1.70. The van der Waals surface area contributed by atoms with Crippen molar-refractivity contribution in [2.45, 2.75) is 127 Å². The number of ether oxygens (including phenoxy) is 4. The molecule has 4 heterocycles. The maximum Gasteiger partial charge on any atom is 0.178 e. The molecule has 2 N–H and O–H groups in total. The lowest BCUT2D eigenvalue weighted by Gasteiger charge is -2.66. The summed E-state index contributed by atoms with van der Waals surface area (Å²) in [6.45, 7) is 13.1. The molecule has 3 aliphatic heterocycles. The number of hydrogen-bond donors (Lipinski definition) is 2. The fourth-order valence-corrected chi connectivity index (χ4v) is 9.97. The Morgan fingerprint density at radius 2 is 1.79 bits per heavy atom. The minimum Gasteiger partial charge on any atom is -0.386 e. The van der Waals surface area contributed by atoms with Gasteiger partial charge in [-0.15, -0.1) is 0 Å². The predicted molar refractivity (Wildman–Crippen MR) is 144 cm³/mol. The number of fused-ring (bicyclic) bond motifs is 9. The third-order valence-electron chi connectivity index (χ3n) is 12.0. The van der Waals surface area contributed by atoms with Crippen LogP contribution in [0.15, 0.2) is 35.9 Å². The number of para-hydroxylation sites is 1. The molecule has 0 amide bonds. The second kappa shape index (κ2) is 7.13. The van der Waals surface area contributed by atoms with E-state index in [0.717, 1.165) is 37.7 Å². The lowest BCUT2D eigenvalue weighted by atomic mass is 9.40. The summed E-state index contributed by atoms with van der Waals surface area (Å²) in [5.74, 6) is 0.501. The van der Waals surface area contributed by atoms with Crippen molar-refractivity contribution in [2.24, 2.45) is 11.3 Å². The van der Waals surface area contributed by atoms with E-state index >= 15 is 0 Å². The molecule has 3 saturated heterocycles. The summed E-state index contributed by atoms with van der Waals surface area (Å²) in [4.78, 5) is 3.84. The monoisotopic (exact) mass is 519 g/mol. The minimum atomic E-state index is -1.01. The van der Waals surface area contributed by atoms with Crippen molar-refractivity contribution in [1.82, 2.24) is 4.98 Å². The molecule has 1 aromatic carbocycles. The van der Waals surface area contributed by atoms with Crippen LogP contribution < -0.4 is 0 Å². The van der Waals surface area contributed by atoms with Gasteiger partial charge in [0.05, 0.1) is 11.7 Å². The van der Waals surface area contributed by atoms with Crippen molar-refractivity contribution in [3.63, 3.8) is 0 Å². The van der Waals surface area contributed by atoms with Crippen molar-refractivity contribution < 1.29 is 24.1 Å². The van der Waals surface area contributed by atoms with Crippen molar-refractivity contribution in [3.05, 3.63) is 47.2 Å². The van der Waals surface area contributed by atoms with Gasteiger partial charge in [-0.3, -0.25) is 0 Å². The fourth-order valence-electron chi connectivity index (χ4n) is 9.97. The van der Waals surface area contributed by atoms with Gasteiger partial charge in [-0.25, -0.2) is 0 Å². The van der Waals surface area contributed by atoms with Gasteiger partial charge in [0.2, 0.25) is 0 Å². The summed E-state index contributed by atoms with van der Waals surface area (Å²) in [6.07, 6.45) is 5.25. The van der Waals surface area contributed by atoms with Crippen molar-refractivity contribution in [2.75, 3.05) is 0 Å². The summed E-state index contributed by atoms with van der Waals surface area (Å²) in [5, 5.41) is 14.4. The van der Waals surface area contributed by atoms with E-state index in [-0.39, 0.29) is 35.2 Å². The van der Waals surface area contributed by atoms with E-state index in [0.29, 0.717) is 5.92 Å². The summed E-state index contributed by atoms with van der Waals surface area (Å²) in [7, 11) is 0. The number of hydrogen-bond acceptors (Lipinski definition) is 5. The topological polar surface area (TPSA) is 76.2 Å². The molecular weight excluding hydrogens is 478 g/mol. The quantitative estimate of drug-likeness (QED) is 0.394. The van der Waals surface area contributed by atoms with Gasteiger partial charge in [0.25, 0.3) is 0 Å². The number of nitrogens with one attached hydrogen (secondary N) is 1. The zero-order chi connectivity index (χ0) is 26.5. The molecule has 204 valence electrons. The Labute approximate surface area is 225 Å². The average Bonchev–Trinajstić information content (AvgIpc) is 3.43. The van der Waals surface area contributed by atoms with Crippen LogP contribution in [0.1, 0.15) is 78.5 Å². The SMILES string of the molecule is CC(C)=C[C@H]1O[C@H]2[C@H]3O[C@@]34[C@H](CC[C@@]3(C)[C@@]4(O)CC[C@H]4Cc5c([nH]c6ccccc56)[C@@]43C)O[C@@H]2C(C)(C)O1. The van der Waals surface area contributed by atoms with E-state index in [1.165, 1.54) is 22.2 Å². The first kappa shape index (κ1) is 24.1. The Morgan fingerprint density at radius 3 is 2.58 bits per heavy atom. The van der Waals surface area contributed by atoms with Gasteiger partial charge in [0, 0.05) is 27.4 Å². The highest BCUT2D eigenvalue weighted by Crippen LogP contribution is 2.75. The fraction of sp³-hybridized carbons (Fsp3) is 0.688. The highest BCUT2D eigenvalue weighted by atomic mass is 16.8.